The van der Waals surface area contributed by atoms with Crippen molar-refractivity contribution in [3.8, 4) is 11.5 Å². The van der Waals surface area contributed by atoms with E-state index < -0.39 is 0 Å². The molecule has 1 N–H and O–H groups in total. The molecule has 0 radical (unpaired) electrons. The first-order valence-electron chi connectivity index (χ1n) is 7.54. The summed E-state index contributed by atoms with van der Waals surface area (Å²) in [4.78, 5) is 14.2. The number of carbonyl (C=O) groups excluding carboxylic acids is 1. The molecule has 122 valence electrons. The normalized spacial score (nSPS) is 15.3. The van der Waals surface area contributed by atoms with Crippen LogP contribution in [0.3, 0.4) is 0 Å². The van der Waals surface area contributed by atoms with E-state index in [1.165, 1.54) is 0 Å². The van der Waals surface area contributed by atoms with Crippen LogP contribution in [0.25, 0.3) is 0 Å². The fourth-order valence-electron chi connectivity index (χ4n) is 2.58. The highest BCUT2D eigenvalue weighted by atomic mass is 35.5. The first kappa shape index (κ1) is 16.9. The van der Waals surface area contributed by atoms with E-state index in [1.54, 1.807) is 20.3 Å². The largest absolute Gasteiger partial charge is 0.493 e. The van der Waals surface area contributed by atoms with Gasteiger partial charge >= 0.3 is 0 Å². The van der Waals surface area contributed by atoms with Crippen molar-refractivity contribution in [2.24, 2.45) is 0 Å². The quantitative estimate of drug-likeness (QED) is 0.900. The van der Waals surface area contributed by atoms with Crippen molar-refractivity contribution >= 4 is 17.5 Å². The zero-order chi connectivity index (χ0) is 15.9. The lowest BCUT2D eigenvalue weighted by molar-refractivity contribution is -0.130. The summed E-state index contributed by atoms with van der Waals surface area (Å²) in [7, 11) is 3.16. The summed E-state index contributed by atoms with van der Waals surface area (Å²) in [6.07, 6.45) is 2.06. The number of nitrogens with one attached hydrogen (secondary N) is 1. The molecular formula is C16H23ClN2O3. The highest BCUT2D eigenvalue weighted by Gasteiger charge is 2.16. The first-order chi connectivity index (χ1) is 10.7. The minimum absolute atomic E-state index is 0.176. The third kappa shape index (κ3) is 4.27. The monoisotopic (exact) mass is 326 g/mol. The Morgan fingerprint density at radius 1 is 1.23 bits per heavy atom. The minimum Gasteiger partial charge on any atom is -0.493 e. The summed E-state index contributed by atoms with van der Waals surface area (Å²) in [5, 5.41) is 3.90. The maximum absolute atomic E-state index is 12.3. The van der Waals surface area contributed by atoms with E-state index in [1.807, 2.05) is 11.0 Å². The molecule has 5 nitrogen and oxygen atoms in total. The van der Waals surface area contributed by atoms with Gasteiger partial charge in [-0.25, -0.2) is 0 Å². The van der Waals surface area contributed by atoms with Crippen LogP contribution in [0.2, 0.25) is 5.02 Å². The molecule has 1 fully saturated rings. The van der Waals surface area contributed by atoms with E-state index in [0.29, 0.717) is 29.4 Å². The molecule has 1 aliphatic rings. The summed E-state index contributed by atoms with van der Waals surface area (Å²) in [6.45, 7) is 3.44. The van der Waals surface area contributed by atoms with Gasteiger partial charge in [0.2, 0.25) is 5.91 Å². The molecule has 2 rings (SSSR count). The van der Waals surface area contributed by atoms with Crippen molar-refractivity contribution in [1.82, 2.24) is 10.2 Å². The van der Waals surface area contributed by atoms with Gasteiger partial charge in [0, 0.05) is 37.1 Å². The van der Waals surface area contributed by atoms with Crippen LogP contribution in [-0.2, 0) is 11.2 Å². The van der Waals surface area contributed by atoms with Gasteiger partial charge in [0.15, 0.2) is 11.5 Å². The molecule has 0 saturated carbocycles. The van der Waals surface area contributed by atoms with Crippen molar-refractivity contribution in [2.75, 3.05) is 40.4 Å². The Morgan fingerprint density at radius 3 is 2.68 bits per heavy atom. The number of carbonyl (C=O) groups is 1. The lowest BCUT2D eigenvalue weighted by Gasteiger charge is -2.20. The summed E-state index contributed by atoms with van der Waals surface area (Å²) < 4.78 is 10.5. The Bertz CT molecular complexity index is 514. The summed E-state index contributed by atoms with van der Waals surface area (Å²) in [6, 6.07) is 3.58. The van der Waals surface area contributed by atoms with E-state index >= 15 is 0 Å². The van der Waals surface area contributed by atoms with Crippen LogP contribution in [0.15, 0.2) is 12.1 Å². The van der Waals surface area contributed by atoms with Crippen molar-refractivity contribution in [3.05, 3.63) is 22.7 Å². The number of amides is 1. The van der Waals surface area contributed by atoms with Gasteiger partial charge in [-0.15, -0.1) is 0 Å². The van der Waals surface area contributed by atoms with E-state index in [-0.39, 0.29) is 5.91 Å². The molecular weight excluding hydrogens is 304 g/mol. The zero-order valence-electron chi connectivity index (χ0n) is 13.2. The van der Waals surface area contributed by atoms with Crippen LogP contribution < -0.4 is 14.8 Å². The summed E-state index contributed by atoms with van der Waals surface area (Å²) >= 11 is 6.26. The standard InChI is InChI=1S/C16H23ClN2O3/c1-21-14-10-12(13(17)11-15(14)22-2)4-5-16(20)19-8-3-6-18-7-9-19/h10-11,18H,3-9H2,1-2H3. The minimum atomic E-state index is 0.176. The van der Waals surface area contributed by atoms with Gasteiger partial charge in [-0.3, -0.25) is 4.79 Å². The molecule has 1 aliphatic heterocycles. The van der Waals surface area contributed by atoms with E-state index in [2.05, 4.69) is 5.32 Å². The predicted molar refractivity (Wildman–Crippen MR) is 86.9 cm³/mol. The van der Waals surface area contributed by atoms with Gasteiger partial charge in [0.1, 0.15) is 0 Å². The molecule has 1 heterocycles. The number of halogens is 1. The molecule has 0 bridgehead atoms. The summed E-state index contributed by atoms with van der Waals surface area (Å²) in [5.74, 6) is 1.41. The van der Waals surface area contributed by atoms with Crippen LogP contribution in [0.5, 0.6) is 11.5 Å². The number of ether oxygens (including phenoxy) is 2. The van der Waals surface area contributed by atoms with Crippen LogP contribution in [0.4, 0.5) is 0 Å². The molecule has 0 aliphatic carbocycles. The maximum atomic E-state index is 12.3. The molecule has 1 amide bonds. The van der Waals surface area contributed by atoms with Crippen molar-refractivity contribution in [2.45, 2.75) is 19.3 Å². The van der Waals surface area contributed by atoms with Gasteiger partial charge in [0.05, 0.1) is 14.2 Å². The number of nitrogens with zero attached hydrogens (tertiary/aromatic N) is 1. The topological polar surface area (TPSA) is 50.8 Å². The van der Waals surface area contributed by atoms with Crippen molar-refractivity contribution < 1.29 is 14.3 Å². The molecule has 1 aromatic carbocycles. The number of aryl methyl sites for hydroxylation is 1. The van der Waals surface area contributed by atoms with Crippen LogP contribution >= 0.6 is 11.6 Å². The second-order valence-electron chi connectivity index (χ2n) is 5.28. The second kappa shape index (κ2) is 8.25. The van der Waals surface area contributed by atoms with Crippen LogP contribution in [-0.4, -0.2) is 51.2 Å². The lowest BCUT2D eigenvalue weighted by atomic mass is 10.1. The van der Waals surface area contributed by atoms with Crippen molar-refractivity contribution in [1.29, 1.82) is 0 Å². The van der Waals surface area contributed by atoms with E-state index in [4.69, 9.17) is 21.1 Å². The van der Waals surface area contributed by atoms with Crippen LogP contribution in [0.1, 0.15) is 18.4 Å². The van der Waals surface area contributed by atoms with E-state index in [0.717, 1.165) is 38.2 Å². The third-order valence-corrected chi connectivity index (χ3v) is 4.21. The Balaban J connectivity index is 1.99. The van der Waals surface area contributed by atoms with Gasteiger partial charge in [0.25, 0.3) is 0 Å². The Hall–Kier alpha value is -1.46. The molecule has 0 aromatic heterocycles. The maximum Gasteiger partial charge on any atom is 0.222 e. The number of rotatable bonds is 5. The molecule has 6 heteroatoms. The van der Waals surface area contributed by atoms with Gasteiger partial charge < -0.3 is 19.7 Å². The smallest absolute Gasteiger partial charge is 0.222 e. The van der Waals surface area contributed by atoms with Crippen molar-refractivity contribution in [3.63, 3.8) is 0 Å². The molecule has 1 aromatic rings. The fraction of sp³-hybridized carbons (Fsp3) is 0.562. The second-order valence-corrected chi connectivity index (χ2v) is 5.69. The third-order valence-electron chi connectivity index (χ3n) is 3.85. The highest BCUT2D eigenvalue weighted by molar-refractivity contribution is 6.31. The average molecular weight is 327 g/mol. The molecule has 1 saturated heterocycles. The molecule has 0 unspecified atom stereocenters. The van der Waals surface area contributed by atoms with Gasteiger partial charge in [-0.1, -0.05) is 11.6 Å². The SMILES string of the molecule is COc1cc(Cl)c(CCC(=O)N2CCCNCC2)cc1OC. The first-order valence-corrected chi connectivity index (χ1v) is 7.92. The van der Waals surface area contributed by atoms with Gasteiger partial charge in [-0.05, 0) is 31.0 Å². The molecule has 0 atom stereocenters. The molecule has 22 heavy (non-hydrogen) atoms. The summed E-state index contributed by atoms with van der Waals surface area (Å²) in [5.41, 5.74) is 0.903. The Kier molecular flexibility index (Phi) is 6.34. The Morgan fingerprint density at radius 2 is 1.95 bits per heavy atom. The number of hydrogen-bond donors (Lipinski definition) is 1. The number of methoxy groups -OCH3 is 2. The van der Waals surface area contributed by atoms with E-state index in [9.17, 15) is 4.79 Å². The Labute approximate surface area is 136 Å². The molecule has 0 spiro atoms. The van der Waals surface area contributed by atoms with Crippen LogP contribution in [0, 0.1) is 0 Å². The lowest BCUT2D eigenvalue weighted by Crippen LogP contribution is -2.34. The zero-order valence-corrected chi connectivity index (χ0v) is 13.9. The predicted octanol–water partition coefficient (Wildman–Crippen LogP) is 2.11. The highest BCUT2D eigenvalue weighted by Crippen LogP contribution is 2.33. The number of benzene rings is 1. The average Bonchev–Trinajstić information content (AvgIpc) is 2.82. The fourth-order valence-corrected chi connectivity index (χ4v) is 2.83. The van der Waals surface area contributed by atoms with Gasteiger partial charge in [-0.2, -0.15) is 0 Å². The number of hydrogen-bond acceptors (Lipinski definition) is 4.